The summed E-state index contributed by atoms with van der Waals surface area (Å²) in [5.41, 5.74) is 18.0. The first kappa shape index (κ1) is 47.1. The zero-order chi connectivity index (χ0) is 52.3. The lowest BCUT2D eigenvalue weighted by Crippen LogP contribution is -2.25. The molecule has 0 aliphatic rings. The predicted octanol–water partition coefficient (Wildman–Crippen LogP) is 18.6. The SMILES string of the molecule is CCCCN(CCCC)c1ccc2cc(-c3ccc(Cn4c5ccc(-c6ccc7c(c6)c6ccccc6n7-c6ccccc6)cc5c5cc(-c6ccc7c(c6)c6ccccc6n7-c6ccccc6)ccc54)cc3)c(=O)oc2c1. The second-order valence-corrected chi connectivity index (χ2v) is 21.0. The molecule has 0 aliphatic carbocycles. The summed E-state index contributed by atoms with van der Waals surface area (Å²) in [7, 11) is 0. The van der Waals surface area contributed by atoms with Gasteiger partial charge in [-0.2, -0.15) is 0 Å². The van der Waals surface area contributed by atoms with Crippen molar-refractivity contribution in [3.05, 3.63) is 247 Å². The average Bonchev–Trinajstić information content (AvgIpc) is 4.32. The number of hydrogen-bond donors (Lipinski definition) is 0. The van der Waals surface area contributed by atoms with E-state index in [1.165, 1.54) is 76.6 Å². The number of unbranched alkanes of at least 4 members (excludes halogenated alkanes) is 2. The van der Waals surface area contributed by atoms with Crippen LogP contribution in [0.25, 0.3) is 121 Å². The van der Waals surface area contributed by atoms with Gasteiger partial charge >= 0.3 is 5.63 Å². The van der Waals surface area contributed by atoms with Gasteiger partial charge in [0.15, 0.2) is 0 Å². The first-order valence-electron chi connectivity index (χ1n) is 27.7. The Labute approximate surface area is 453 Å². The number of anilines is 1. The summed E-state index contributed by atoms with van der Waals surface area (Å²) >= 11 is 0. The van der Waals surface area contributed by atoms with E-state index in [-0.39, 0.29) is 5.63 Å². The number of hydrogen-bond acceptors (Lipinski definition) is 3. The van der Waals surface area contributed by atoms with Crippen LogP contribution in [0.3, 0.4) is 0 Å². The highest BCUT2D eigenvalue weighted by molar-refractivity contribution is 6.14. The summed E-state index contributed by atoms with van der Waals surface area (Å²) in [6.45, 7) is 7.09. The molecule has 0 saturated carbocycles. The molecule has 78 heavy (non-hydrogen) atoms. The van der Waals surface area contributed by atoms with Crippen LogP contribution in [0, 0.1) is 0 Å². The fraction of sp³-hybridized carbons (Fsp3) is 0.125. The molecular weight excluding hydrogens is 953 g/mol. The fourth-order valence-corrected chi connectivity index (χ4v) is 12.2. The smallest absolute Gasteiger partial charge is 0.344 e. The van der Waals surface area contributed by atoms with Crippen LogP contribution in [0.2, 0.25) is 0 Å². The predicted molar refractivity (Wildman–Crippen MR) is 328 cm³/mol. The van der Waals surface area contributed by atoms with Gasteiger partial charge in [-0.3, -0.25) is 0 Å². The standard InChI is InChI=1S/C72H58N4O2/c1-3-5-39-73(40-6-4-2)57-34-29-54-45-60(72(77)78-71(54)46-57)49-27-25-48(26-28-49)47-74-65-35-30-50(52-32-37-69-61(41-52)58-21-13-15-23-67(58)75(69)55-17-9-7-10-18-55)43-63(65)64-44-51(31-36-66(64)74)53-33-38-70-62(42-53)59-22-14-16-24-68(59)76(70)56-19-11-8-12-20-56/h7-38,41-46H,3-6,39-40,47H2,1-2H3. The quantitative estimate of drug-likeness (QED) is 0.102. The van der Waals surface area contributed by atoms with E-state index in [9.17, 15) is 4.79 Å². The highest BCUT2D eigenvalue weighted by Crippen LogP contribution is 2.41. The van der Waals surface area contributed by atoms with Crippen LogP contribution in [0.1, 0.15) is 45.1 Å². The van der Waals surface area contributed by atoms with E-state index in [2.05, 4.69) is 251 Å². The van der Waals surface area contributed by atoms with E-state index in [1.54, 1.807) is 0 Å². The molecule has 0 bridgehead atoms. The van der Waals surface area contributed by atoms with Crippen molar-refractivity contribution in [3.8, 4) is 44.8 Å². The Morgan fingerprint density at radius 1 is 0.397 bits per heavy atom. The van der Waals surface area contributed by atoms with Gasteiger partial charge in [0, 0.05) is 91.5 Å². The molecule has 14 aromatic rings. The molecule has 10 aromatic carbocycles. The summed E-state index contributed by atoms with van der Waals surface area (Å²) in [5.74, 6) is 0. The Bertz CT molecular complexity index is 4410. The van der Waals surface area contributed by atoms with Gasteiger partial charge in [-0.05, 0) is 149 Å². The van der Waals surface area contributed by atoms with Crippen LogP contribution < -0.4 is 10.5 Å². The molecule has 0 spiro atoms. The molecule has 0 fully saturated rings. The maximum Gasteiger partial charge on any atom is 0.344 e. The monoisotopic (exact) mass is 1010 g/mol. The molecule has 0 unspecified atom stereocenters. The van der Waals surface area contributed by atoms with Crippen molar-refractivity contribution in [2.75, 3.05) is 18.0 Å². The highest BCUT2D eigenvalue weighted by atomic mass is 16.4. The largest absolute Gasteiger partial charge is 0.422 e. The molecule has 0 saturated heterocycles. The minimum absolute atomic E-state index is 0.322. The van der Waals surface area contributed by atoms with E-state index in [4.69, 9.17) is 4.42 Å². The fourth-order valence-electron chi connectivity index (χ4n) is 12.2. The van der Waals surface area contributed by atoms with Crippen molar-refractivity contribution in [2.45, 2.75) is 46.1 Å². The van der Waals surface area contributed by atoms with Gasteiger partial charge in [-0.25, -0.2) is 4.79 Å². The van der Waals surface area contributed by atoms with Crippen LogP contribution in [0.4, 0.5) is 5.69 Å². The average molecular weight is 1010 g/mol. The topological polar surface area (TPSA) is 48.2 Å². The zero-order valence-corrected chi connectivity index (χ0v) is 44.0. The molecule has 0 radical (unpaired) electrons. The minimum atomic E-state index is -0.322. The summed E-state index contributed by atoms with van der Waals surface area (Å²) in [6.07, 6.45) is 4.53. The molecule has 378 valence electrons. The van der Waals surface area contributed by atoms with Crippen molar-refractivity contribution in [3.63, 3.8) is 0 Å². The van der Waals surface area contributed by atoms with Crippen LogP contribution in [0.5, 0.6) is 0 Å². The molecular formula is C72H58N4O2. The van der Waals surface area contributed by atoms with Crippen molar-refractivity contribution in [1.82, 2.24) is 13.7 Å². The third-order valence-electron chi connectivity index (χ3n) is 16.2. The lowest BCUT2D eigenvalue weighted by molar-refractivity contribution is 0.563. The molecule has 4 heterocycles. The number of benzene rings is 10. The number of nitrogens with zero attached hydrogens (tertiary/aromatic N) is 4. The number of fused-ring (bicyclic) bond motifs is 10. The van der Waals surface area contributed by atoms with Crippen LogP contribution >= 0.6 is 0 Å². The third-order valence-corrected chi connectivity index (χ3v) is 16.2. The van der Waals surface area contributed by atoms with Gasteiger partial charge < -0.3 is 23.0 Å². The van der Waals surface area contributed by atoms with Crippen LogP contribution in [-0.4, -0.2) is 26.8 Å². The minimum Gasteiger partial charge on any atom is -0.422 e. The van der Waals surface area contributed by atoms with Crippen LogP contribution in [-0.2, 0) is 6.54 Å². The molecule has 4 aromatic heterocycles. The Morgan fingerprint density at radius 2 is 0.833 bits per heavy atom. The van der Waals surface area contributed by atoms with E-state index < -0.39 is 0 Å². The van der Waals surface area contributed by atoms with Crippen molar-refractivity contribution >= 4 is 82.1 Å². The Hall–Kier alpha value is -9.39. The normalized spacial score (nSPS) is 11.9. The molecule has 6 heteroatoms. The Morgan fingerprint density at radius 3 is 1.33 bits per heavy atom. The second-order valence-electron chi connectivity index (χ2n) is 21.0. The van der Waals surface area contributed by atoms with Gasteiger partial charge in [0.1, 0.15) is 5.58 Å². The molecule has 14 rings (SSSR count). The lowest BCUT2D eigenvalue weighted by atomic mass is 9.98. The zero-order valence-electron chi connectivity index (χ0n) is 44.0. The Balaban J connectivity index is 0.863. The van der Waals surface area contributed by atoms with E-state index >= 15 is 0 Å². The molecule has 0 N–H and O–H groups in total. The maximum atomic E-state index is 13.7. The first-order chi connectivity index (χ1) is 38.5. The van der Waals surface area contributed by atoms with Crippen molar-refractivity contribution < 1.29 is 4.42 Å². The van der Waals surface area contributed by atoms with E-state index in [0.29, 0.717) is 17.7 Å². The molecule has 0 atom stereocenters. The van der Waals surface area contributed by atoms with Crippen molar-refractivity contribution in [1.29, 1.82) is 0 Å². The summed E-state index contributed by atoms with van der Waals surface area (Å²) in [4.78, 5) is 16.2. The number of rotatable bonds is 14. The van der Waals surface area contributed by atoms with E-state index in [1.807, 2.05) is 12.1 Å². The Kier molecular flexibility index (Phi) is 11.9. The molecule has 0 aliphatic heterocycles. The van der Waals surface area contributed by atoms with Gasteiger partial charge in [-0.15, -0.1) is 0 Å². The van der Waals surface area contributed by atoms with Gasteiger partial charge in [0.25, 0.3) is 0 Å². The summed E-state index contributed by atoms with van der Waals surface area (Å²) in [6, 6.07) is 83.3. The summed E-state index contributed by atoms with van der Waals surface area (Å²) < 4.78 is 13.3. The summed E-state index contributed by atoms with van der Waals surface area (Å²) in [5, 5.41) is 8.25. The van der Waals surface area contributed by atoms with Gasteiger partial charge in [-0.1, -0.05) is 148 Å². The maximum absolute atomic E-state index is 13.7. The van der Waals surface area contributed by atoms with E-state index in [0.717, 1.165) is 83.4 Å². The third kappa shape index (κ3) is 8.15. The molecule has 6 nitrogen and oxygen atoms in total. The van der Waals surface area contributed by atoms with Crippen LogP contribution in [0.15, 0.2) is 240 Å². The second kappa shape index (κ2) is 19.6. The lowest BCUT2D eigenvalue weighted by Gasteiger charge is -2.24. The highest BCUT2D eigenvalue weighted by Gasteiger charge is 2.19. The molecule has 0 amide bonds. The van der Waals surface area contributed by atoms with Crippen molar-refractivity contribution in [2.24, 2.45) is 0 Å². The first-order valence-corrected chi connectivity index (χ1v) is 27.7. The number of aromatic nitrogens is 3. The van der Waals surface area contributed by atoms with Gasteiger partial charge in [0.05, 0.1) is 27.6 Å². The number of para-hydroxylation sites is 4. The van der Waals surface area contributed by atoms with Gasteiger partial charge in [0.2, 0.25) is 0 Å².